The maximum absolute atomic E-state index is 3.62. The van der Waals surface area contributed by atoms with Crippen LogP contribution in [0.3, 0.4) is 0 Å². The van der Waals surface area contributed by atoms with E-state index in [1.807, 2.05) is 0 Å². The summed E-state index contributed by atoms with van der Waals surface area (Å²) in [5, 5.41) is 3.62. The van der Waals surface area contributed by atoms with Crippen LogP contribution in [0.4, 0.5) is 5.69 Å². The third-order valence-corrected chi connectivity index (χ3v) is 3.19. The van der Waals surface area contributed by atoms with Gasteiger partial charge in [-0.05, 0) is 24.5 Å². The van der Waals surface area contributed by atoms with Crippen molar-refractivity contribution >= 4 is 11.8 Å². The fraction of sp³-hybridized carbons (Fsp3) is 0.385. The molecule has 1 aromatic rings. The maximum Gasteiger partial charge on any atom is 0.0554 e. The number of hydrogen-bond acceptors (Lipinski definition) is 1. The van der Waals surface area contributed by atoms with E-state index in [0.29, 0.717) is 0 Å². The van der Waals surface area contributed by atoms with E-state index < -0.39 is 0 Å². The number of anilines is 1. The molecule has 74 valence electrons. The van der Waals surface area contributed by atoms with Gasteiger partial charge >= 0.3 is 0 Å². The largest absolute Gasteiger partial charge is 0.376 e. The molecule has 0 bridgehead atoms. The Kier molecular flexibility index (Phi) is 2.32. The van der Waals surface area contributed by atoms with Gasteiger partial charge in [0, 0.05) is 5.69 Å². The van der Waals surface area contributed by atoms with Crippen molar-refractivity contribution in [1.29, 1.82) is 0 Å². The topological polar surface area (TPSA) is 12.0 Å². The SMILES string of the molecule is CCC1(CC)C=Cc2ccccc2N1. The summed E-state index contributed by atoms with van der Waals surface area (Å²) in [5.41, 5.74) is 2.73. The normalized spacial score (nSPS) is 17.3. The first-order chi connectivity index (χ1) is 6.79. The number of rotatable bonds is 2. The van der Waals surface area contributed by atoms with Gasteiger partial charge in [0.1, 0.15) is 0 Å². The minimum atomic E-state index is 0.175. The number of benzene rings is 1. The molecule has 2 rings (SSSR count). The molecule has 0 radical (unpaired) electrons. The number of fused-ring (bicyclic) bond motifs is 1. The quantitative estimate of drug-likeness (QED) is 0.744. The zero-order valence-corrected chi connectivity index (χ0v) is 8.88. The van der Waals surface area contributed by atoms with Gasteiger partial charge in [-0.25, -0.2) is 0 Å². The zero-order valence-electron chi connectivity index (χ0n) is 8.88. The van der Waals surface area contributed by atoms with Crippen molar-refractivity contribution in [3.8, 4) is 0 Å². The summed E-state index contributed by atoms with van der Waals surface area (Å²) in [4.78, 5) is 0. The van der Waals surface area contributed by atoms with E-state index in [4.69, 9.17) is 0 Å². The maximum atomic E-state index is 3.62. The van der Waals surface area contributed by atoms with Gasteiger partial charge in [-0.1, -0.05) is 44.2 Å². The molecule has 0 aliphatic carbocycles. The Morgan fingerprint density at radius 1 is 1.14 bits per heavy atom. The van der Waals surface area contributed by atoms with Crippen molar-refractivity contribution in [3.63, 3.8) is 0 Å². The first-order valence-electron chi connectivity index (χ1n) is 5.36. The lowest BCUT2D eigenvalue weighted by molar-refractivity contribution is 0.535. The van der Waals surface area contributed by atoms with Crippen LogP contribution in [0.5, 0.6) is 0 Å². The number of hydrogen-bond donors (Lipinski definition) is 1. The Balaban J connectivity index is 2.37. The number of para-hydroxylation sites is 1. The molecule has 1 heteroatoms. The molecule has 0 aromatic heterocycles. The number of nitrogens with one attached hydrogen (secondary N) is 1. The molecule has 0 unspecified atom stereocenters. The Morgan fingerprint density at radius 2 is 1.86 bits per heavy atom. The molecule has 14 heavy (non-hydrogen) atoms. The van der Waals surface area contributed by atoms with Crippen LogP contribution in [-0.4, -0.2) is 5.54 Å². The second-order valence-electron chi connectivity index (χ2n) is 3.91. The summed E-state index contributed by atoms with van der Waals surface area (Å²) < 4.78 is 0. The molecular weight excluding hydrogens is 170 g/mol. The van der Waals surface area contributed by atoms with Gasteiger partial charge < -0.3 is 5.32 Å². The monoisotopic (exact) mass is 187 g/mol. The van der Waals surface area contributed by atoms with Crippen LogP contribution < -0.4 is 5.32 Å². The molecule has 1 N–H and O–H groups in total. The molecule has 0 saturated carbocycles. The summed E-state index contributed by atoms with van der Waals surface area (Å²) >= 11 is 0. The van der Waals surface area contributed by atoms with E-state index in [0.717, 1.165) is 12.8 Å². The molecule has 1 nitrogen and oxygen atoms in total. The summed E-state index contributed by atoms with van der Waals surface area (Å²) in [6.07, 6.45) is 6.80. The van der Waals surface area contributed by atoms with Crippen LogP contribution in [0.15, 0.2) is 30.3 Å². The Hall–Kier alpha value is -1.24. The van der Waals surface area contributed by atoms with Crippen molar-refractivity contribution in [2.45, 2.75) is 32.2 Å². The molecule has 1 heterocycles. The first kappa shape index (κ1) is 9.32. The lowest BCUT2D eigenvalue weighted by Crippen LogP contribution is -2.36. The van der Waals surface area contributed by atoms with Crippen LogP contribution in [-0.2, 0) is 0 Å². The molecule has 1 aliphatic heterocycles. The molecule has 0 saturated heterocycles. The average Bonchev–Trinajstić information content (AvgIpc) is 2.28. The Labute approximate surface area is 85.8 Å². The van der Waals surface area contributed by atoms with Gasteiger partial charge in [0.15, 0.2) is 0 Å². The first-order valence-corrected chi connectivity index (χ1v) is 5.36. The Bertz CT molecular complexity index is 348. The fourth-order valence-corrected chi connectivity index (χ4v) is 1.98. The second-order valence-corrected chi connectivity index (χ2v) is 3.91. The standard InChI is InChI=1S/C13H17N/c1-3-13(4-2)10-9-11-7-5-6-8-12(11)14-13/h5-10,14H,3-4H2,1-2H3. The molecule has 0 fully saturated rings. The van der Waals surface area contributed by atoms with E-state index in [2.05, 4.69) is 55.6 Å². The second kappa shape index (κ2) is 3.49. The van der Waals surface area contributed by atoms with Crippen LogP contribution in [0.2, 0.25) is 0 Å². The molecule has 1 aliphatic rings. The van der Waals surface area contributed by atoms with Crippen molar-refractivity contribution in [2.24, 2.45) is 0 Å². The molecular formula is C13H17N. The lowest BCUT2D eigenvalue weighted by Gasteiger charge is -2.34. The highest BCUT2D eigenvalue weighted by atomic mass is 15.0. The highest BCUT2D eigenvalue weighted by molar-refractivity contribution is 5.72. The van der Waals surface area contributed by atoms with Crippen LogP contribution in [0.1, 0.15) is 32.3 Å². The van der Waals surface area contributed by atoms with Gasteiger partial charge in [0.05, 0.1) is 5.54 Å². The lowest BCUT2D eigenvalue weighted by atomic mass is 9.88. The van der Waals surface area contributed by atoms with Crippen LogP contribution >= 0.6 is 0 Å². The van der Waals surface area contributed by atoms with Gasteiger partial charge in [0.25, 0.3) is 0 Å². The minimum Gasteiger partial charge on any atom is -0.376 e. The summed E-state index contributed by atoms with van der Waals surface area (Å²) in [5.74, 6) is 0. The zero-order chi connectivity index (χ0) is 10.0. The fourth-order valence-electron chi connectivity index (χ4n) is 1.98. The highest BCUT2D eigenvalue weighted by Crippen LogP contribution is 2.31. The van der Waals surface area contributed by atoms with Gasteiger partial charge in [0.2, 0.25) is 0 Å². The molecule has 0 spiro atoms. The molecule has 0 atom stereocenters. The van der Waals surface area contributed by atoms with Gasteiger partial charge in [-0.3, -0.25) is 0 Å². The third-order valence-electron chi connectivity index (χ3n) is 3.19. The predicted molar refractivity (Wildman–Crippen MR) is 62.4 cm³/mol. The smallest absolute Gasteiger partial charge is 0.0554 e. The summed E-state index contributed by atoms with van der Waals surface area (Å²) in [6.45, 7) is 4.46. The summed E-state index contributed by atoms with van der Waals surface area (Å²) in [6, 6.07) is 8.46. The van der Waals surface area contributed by atoms with Crippen molar-refractivity contribution in [3.05, 3.63) is 35.9 Å². The van der Waals surface area contributed by atoms with Crippen molar-refractivity contribution < 1.29 is 0 Å². The highest BCUT2D eigenvalue weighted by Gasteiger charge is 2.25. The van der Waals surface area contributed by atoms with E-state index in [1.54, 1.807) is 0 Å². The predicted octanol–water partition coefficient (Wildman–Crippen LogP) is 3.68. The van der Waals surface area contributed by atoms with Crippen molar-refractivity contribution in [1.82, 2.24) is 0 Å². The van der Waals surface area contributed by atoms with Crippen LogP contribution in [0, 0.1) is 0 Å². The average molecular weight is 187 g/mol. The van der Waals surface area contributed by atoms with Gasteiger partial charge in [-0.15, -0.1) is 0 Å². The van der Waals surface area contributed by atoms with E-state index in [1.165, 1.54) is 11.3 Å². The third kappa shape index (κ3) is 1.43. The molecule has 1 aromatic carbocycles. The van der Waals surface area contributed by atoms with E-state index in [9.17, 15) is 0 Å². The van der Waals surface area contributed by atoms with Crippen LogP contribution in [0.25, 0.3) is 6.08 Å². The molecule has 0 amide bonds. The van der Waals surface area contributed by atoms with E-state index >= 15 is 0 Å². The van der Waals surface area contributed by atoms with Crippen molar-refractivity contribution in [2.75, 3.05) is 5.32 Å². The minimum absolute atomic E-state index is 0.175. The summed E-state index contributed by atoms with van der Waals surface area (Å²) in [7, 11) is 0. The Morgan fingerprint density at radius 3 is 2.57 bits per heavy atom. The van der Waals surface area contributed by atoms with Gasteiger partial charge in [-0.2, -0.15) is 0 Å². The van der Waals surface area contributed by atoms with E-state index in [-0.39, 0.29) is 5.54 Å².